The van der Waals surface area contributed by atoms with Gasteiger partial charge >= 0.3 is 0 Å². The van der Waals surface area contributed by atoms with Crippen molar-refractivity contribution in [2.45, 2.75) is 57.7 Å². The number of carbonyl (C=O) groups excluding carboxylic acids is 1. The Bertz CT molecular complexity index is 524. The van der Waals surface area contributed by atoms with Crippen molar-refractivity contribution in [1.29, 1.82) is 0 Å². The van der Waals surface area contributed by atoms with Crippen molar-refractivity contribution in [3.8, 4) is 0 Å². The molecule has 0 aliphatic heterocycles. The quantitative estimate of drug-likeness (QED) is 0.684. The molecular weight excluding hydrogens is 310 g/mol. The second-order valence-electron chi connectivity index (χ2n) is 6.31. The smallest absolute Gasteiger partial charge is 0.240 e. The minimum Gasteiger partial charge on any atom is -0.383 e. The van der Waals surface area contributed by atoms with E-state index in [9.17, 15) is 4.79 Å². The lowest BCUT2D eigenvalue weighted by Gasteiger charge is -2.28. The number of hydrogen-bond acceptors (Lipinski definition) is 7. The summed E-state index contributed by atoms with van der Waals surface area (Å²) in [4.78, 5) is 19.1. The standard InChI is InChI=1S/C16H29N5O3/c1-4-21(5-2)10-13-18-15(20-24-13)16(8-6-7-9-16)19-14(22)12(17)11-23-3/h12H,4-11,17H2,1-3H3,(H,19,22). The summed E-state index contributed by atoms with van der Waals surface area (Å²) in [6.45, 7) is 6.83. The molecule has 8 heteroatoms. The zero-order chi connectivity index (χ0) is 17.6. The van der Waals surface area contributed by atoms with Crippen LogP contribution in [0.3, 0.4) is 0 Å². The molecule has 1 aliphatic rings. The molecule has 1 saturated carbocycles. The van der Waals surface area contributed by atoms with Crippen molar-refractivity contribution in [2.24, 2.45) is 5.73 Å². The number of amides is 1. The molecule has 2 rings (SSSR count). The maximum absolute atomic E-state index is 12.3. The number of ether oxygens (including phenoxy) is 1. The van der Waals surface area contributed by atoms with E-state index in [1.807, 2.05) is 0 Å². The third-order valence-electron chi connectivity index (χ3n) is 4.65. The number of nitrogens with zero attached hydrogens (tertiary/aromatic N) is 3. The molecule has 0 radical (unpaired) electrons. The normalized spacial score (nSPS) is 18.0. The van der Waals surface area contributed by atoms with Crippen molar-refractivity contribution in [2.75, 3.05) is 26.8 Å². The van der Waals surface area contributed by atoms with Crippen LogP contribution in [0.5, 0.6) is 0 Å². The number of hydrogen-bond donors (Lipinski definition) is 2. The fourth-order valence-corrected chi connectivity index (χ4v) is 3.12. The monoisotopic (exact) mass is 339 g/mol. The van der Waals surface area contributed by atoms with Crippen molar-refractivity contribution >= 4 is 5.91 Å². The van der Waals surface area contributed by atoms with Crippen LogP contribution in [0.15, 0.2) is 4.52 Å². The first-order valence-corrected chi connectivity index (χ1v) is 8.66. The van der Waals surface area contributed by atoms with Crippen LogP contribution < -0.4 is 11.1 Å². The molecule has 0 aromatic carbocycles. The van der Waals surface area contributed by atoms with Crippen LogP contribution >= 0.6 is 0 Å². The van der Waals surface area contributed by atoms with Crippen molar-refractivity contribution in [3.63, 3.8) is 0 Å². The molecule has 1 fully saturated rings. The number of carbonyl (C=O) groups is 1. The summed E-state index contributed by atoms with van der Waals surface area (Å²) in [5.41, 5.74) is 5.27. The van der Waals surface area contributed by atoms with Gasteiger partial charge in [0.1, 0.15) is 11.6 Å². The van der Waals surface area contributed by atoms with Gasteiger partial charge in [0.05, 0.1) is 13.2 Å². The van der Waals surface area contributed by atoms with Gasteiger partial charge in [-0.05, 0) is 25.9 Å². The maximum atomic E-state index is 12.3. The maximum Gasteiger partial charge on any atom is 0.240 e. The second-order valence-corrected chi connectivity index (χ2v) is 6.31. The summed E-state index contributed by atoms with van der Waals surface area (Å²) in [5, 5.41) is 7.20. The van der Waals surface area contributed by atoms with Crippen molar-refractivity contribution < 1.29 is 14.1 Å². The topological polar surface area (TPSA) is 107 Å². The second kappa shape index (κ2) is 8.55. The highest BCUT2D eigenvalue weighted by atomic mass is 16.5. The van der Waals surface area contributed by atoms with Gasteiger partial charge in [-0.2, -0.15) is 4.98 Å². The average molecular weight is 339 g/mol. The first-order valence-electron chi connectivity index (χ1n) is 8.66. The van der Waals surface area contributed by atoms with Crippen molar-refractivity contribution in [1.82, 2.24) is 20.4 Å². The van der Waals surface area contributed by atoms with Gasteiger partial charge in [-0.1, -0.05) is 31.8 Å². The molecule has 0 bridgehead atoms. The zero-order valence-electron chi connectivity index (χ0n) is 14.9. The predicted molar refractivity (Wildman–Crippen MR) is 89.1 cm³/mol. The number of rotatable bonds is 9. The summed E-state index contributed by atoms with van der Waals surface area (Å²) in [5.74, 6) is 0.893. The van der Waals surface area contributed by atoms with Crippen LogP contribution in [0.25, 0.3) is 0 Å². The van der Waals surface area contributed by atoms with Gasteiger partial charge in [-0.25, -0.2) is 0 Å². The Morgan fingerprint density at radius 3 is 2.67 bits per heavy atom. The fourth-order valence-electron chi connectivity index (χ4n) is 3.12. The van der Waals surface area contributed by atoms with Crippen LogP contribution in [0.4, 0.5) is 0 Å². The molecule has 8 nitrogen and oxygen atoms in total. The van der Waals surface area contributed by atoms with E-state index in [-0.39, 0.29) is 12.5 Å². The van der Waals surface area contributed by atoms with Gasteiger partial charge in [0.2, 0.25) is 11.8 Å². The molecule has 1 amide bonds. The molecule has 1 unspecified atom stereocenters. The summed E-state index contributed by atoms with van der Waals surface area (Å²) < 4.78 is 10.4. The summed E-state index contributed by atoms with van der Waals surface area (Å²) in [6, 6.07) is -0.700. The Kier molecular flexibility index (Phi) is 6.70. The van der Waals surface area contributed by atoms with E-state index >= 15 is 0 Å². The van der Waals surface area contributed by atoms with Crippen LogP contribution in [0.2, 0.25) is 0 Å². The van der Waals surface area contributed by atoms with E-state index in [2.05, 4.69) is 34.2 Å². The SMILES string of the molecule is CCN(CC)Cc1nc(C2(NC(=O)C(N)COC)CCCC2)no1. The molecule has 1 heterocycles. The average Bonchev–Trinajstić information content (AvgIpc) is 3.23. The summed E-state index contributed by atoms with van der Waals surface area (Å²) in [6.07, 6.45) is 3.62. The van der Waals surface area contributed by atoms with Gasteiger partial charge in [-0.3, -0.25) is 9.69 Å². The Balaban J connectivity index is 2.12. The molecule has 0 saturated heterocycles. The Morgan fingerprint density at radius 1 is 1.42 bits per heavy atom. The largest absolute Gasteiger partial charge is 0.383 e. The van der Waals surface area contributed by atoms with Crippen LogP contribution in [0.1, 0.15) is 51.2 Å². The molecule has 3 N–H and O–H groups in total. The van der Waals surface area contributed by atoms with E-state index in [1.165, 1.54) is 7.11 Å². The molecule has 1 aromatic rings. The van der Waals surface area contributed by atoms with Gasteiger partial charge in [0, 0.05) is 7.11 Å². The summed E-state index contributed by atoms with van der Waals surface area (Å²) in [7, 11) is 1.52. The van der Waals surface area contributed by atoms with E-state index in [4.69, 9.17) is 15.0 Å². The molecular formula is C16H29N5O3. The van der Waals surface area contributed by atoms with Crippen LogP contribution in [-0.2, 0) is 21.6 Å². The third-order valence-corrected chi connectivity index (χ3v) is 4.65. The van der Waals surface area contributed by atoms with Crippen molar-refractivity contribution in [3.05, 3.63) is 11.7 Å². The zero-order valence-corrected chi connectivity index (χ0v) is 14.9. The number of nitrogens with one attached hydrogen (secondary N) is 1. The minimum absolute atomic E-state index is 0.182. The number of aromatic nitrogens is 2. The van der Waals surface area contributed by atoms with Gasteiger partial charge in [0.25, 0.3) is 0 Å². The third kappa shape index (κ3) is 4.31. The van der Waals surface area contributed by atoms with E-state index in [0.717, 1.165) is 38.8 Å². The minimum atomic E-state index is -0.700. The molecule has 1 aliphatic carbocycles. The highest BCUT2D eigenvalue weighted by Crippen LogP contribution is 2.37. The fraction of sp³-hybridized carbons (Fsp3) is 0.812. The van der Waals surface area contributed by atoms with Crippen LogP contribution in [-0.4, -0.2) is 53.8 Å². The van der Waals surface area contributed by atoms with Gasteiger partial charge in [0.15, 0.2) is 5.82 Å². The number of methoxy groups -OCH3 is 1. The molecule has 136 valence electrons. The first kappa shape index (κ1) is 18.8. The molecule has 1 atom stereocenters. The molecule has 1 aromatic heterocycles. The lowest BCUT2D eigenvalue weighted by Crippen LogP contribution is -2.52. The van der Waals surface area contributed by atoms with Crippen LogP contribution in [0, 0.1) is 0 Å². The number of nitrogens with two attached hydrogens (primary N) is 1. The summed E-state index contributed by atoms with van der Waals surface area (Å²) >= 11 is 0. The lowest BCUT2D eigenvalue weighted by molar-refractivity contribution is -0.125. The molecule has 24 heavy (non-hydrogen) atoms. The highest BCUT2D eigenvalue weighted by molar-refractivity contribution is 5.82. The lowest BCUT2D eigenvalue weighted by atomic mass is 9.96. The first-order chi connectivity index (χ1) is 11.5. The predicted octanol–water partition coefficient (Wildman–Crippen LogP) is 0.771. The van der Waals surface area contributed by atoms with E-state index in [1.54, 1.807) is 0 Å². The van der Waals surface area contributed by atoms with E-state index < -0.39 is 11.6 Å². The van der Waals surface area contributed by atoms with E-state index in [0.29, 0.717) is 18.3 Å². The Hall–Kier alpha value is -1.51. The Labute approximate surface area is 143 Å². The molecule has 0 spiro atoms. The van der Waals surface area contributed by atoms with Gasteiger partial charge in [-0.15, -0.1) is 0 Å². The Morgan fingerprint density at radius 2 is 2.08 bits per heavy atom. The van der Waals surface area contributed by atoms with Gasteiger partial charge < -0.3 is 20.3 Å². The highest BCUT2D eigenvalue weighted by Gasteiger charge is 2.42.